The Hall–Kier alpha value is -5.57. The number of ether oxygens (including phenoxy) is 2. The van der Waals surface area contributed by atoms with Gasteiger partial charge in [-0.3, -0.25) is 4.90 Å². The maximum atomic E-state index is 12.5. The molecule has 0 aliphatic carbocycles. The number of hydrogen-bond acceptors (Lipinski definition) is 5. The Morgan fingerprint density at radius 2 is 1.13 bits per heavy atom. The summed E-state index contributed by atoms with van der Waals surface area (Å²) in [6, 6.07) is 55.6. The predicted octanol–water partition coefficient (Wildman–Crippen LogP) is 9.34. The van der Waals surface area contributed by atoms with E-state index in [9.17, 15) is 9.90 Å². The van der Waals surface area contributed by atoms with E-state index in [1.807, 2.05) is 54.6 Å². The minimum atomic E-state index is -0.571. The second kappa shape index (κ2) is 18.7. The molecule has 55 heavy (non-hydrogen) atoms. The summed E-state index contributed by atoms with van der Waals surface area (Å²) in [5.74, 6) is 0.0568. The number of nitrogens with zero attached hydrogens (tertiary/aromatic N) is 1. The molecule has 0 radical (unpaired) electrons. The Morgan fingerprint density at radius 1 is 0.582 bits per heavy atom. The molecule has 1 saturated heterocycles. The van der Waals surface area contributed by atoms with Gasteiger partial charge in [0.15, 0.2) is 6.29 Å². The first-order valence-corrected chi connectivity index (χ1v) is 19.1. The molecule has 280 valence electrons. The molecule has 7 nitrogen and oxygen atoms in total. The van der Waals surface area contributed by atoms with E-state index in [2.05, 4.69) is 132 Å². The fourth-order valence-corrected chi connectivity index (χ4v) is 7.17. The summed E-state index contributed by atoms with van der Waals surface area (Å²) in [5.41, 5.74) is 9.59. The highest BCUT2D eigenvalue weighted by Gasteiger charge is 2.39. The summed E-state index contributed by atoms with van der Waals surface area (Å²) in [7, 11) is 0. The monoisotopic (exact) mass is 731 g/mol. The summed E-state index contributed by atoms with van der Waals surface area (Å²) >= 11 is 0. The SMILES string of the molecule is C[C@@H]1[C@H](CN(Cc2ccccc2)Cc2ccccc2)O[C@H](c2ccc(-c3cccc(CNC(=O)NCc4ccccc4)c3)cc2)O[C@@H]1c1ccc(CO)cc1. The number of urea groups is 1. The highest BCUT2D eigenvalue weighted by atomic mass is 16.7. The van der Waals surface area contributed by atoms with Crippen molar-refractivity contribution in [3.05, 3.63) is 203 Å². The second-order valence-corrected chi connectivity index (χ2v) is 14.3. The third kappa shape index (κ3) is 10.4. The summed E-state index contributed by atoms with van der Waals surface area (Å²) in [5, 5.41) is 15.6. The third-order valence-electron chi connectivity index (χ3n) is 10.3. The van der Waals surface area contributed by atoms with Crippen LogP contribution < -0.4 is 10.6 Å². The number of amides is 2. The van der Waals surface area contributed by atoms with Crippen molar-refractivity contribution in [1.82, 2.24) is 15.5 Å². The van der Waals surface area contributed by atoms with Gasteiger partial charge in [-0.15, -0.1) is 0 Å². The fraction of sp³-hybridized carbons (Fsp3) is 0.229. The molecule has 7 heteroatoms. The van der Waals surface area contributed by atoms with E-state index in [-0.39, 0.29) is 30.8 Å². The molecule has 1 fully saturated rings. The van der Waals surface area contributed by atoms with Crippen molar-refractivity contribution < 1.29 is 19.4 Å². The van der Waals surface area contributed by atoms with E-state index >= 15 is 0 Å². The molecule has 1 aliphatic heterocycles. The first-order valence-electron chi connectivity index (χ1n) is 19.1. The predicted molar refractivity (Wildman–Crippen MR) is 217 cm³/mol. The molecule has 4 atom stereocenters. The highest BCUT2D eigenvalue weighted by Crippen LogP contribution is 2.42. The van der Waals surface area contributed by atoms with Crippen LogP contribution in [0.2, 0.25) is 0 Å². The Labute approximate surface area is 324 Å². The molecule has 6 aromatic carbocycles. The Kier molecular flexibility index (Phi) is 12.8. The Bertz CT molecular complexity index is 2030. The molecule has 0 saturated carbocycles. The number of aliphatic hydroxyl groups is 1. The quantitative estimate of drug-likeness (QED) is 0.104. The molecule has 6 aromatic rings. The van der Waals surface area contributed by atoms with Gasteiger partial charge in [0, 0.05) is 44.2 Å². The number of benzene rings is 6. The van der Waals surface area contributed by atoms with Crippen LogP contribution >= 0.6 is 0 Å². The number of aliphatic hydroxyl groups excluding tert-OH is 1. The molecular weight excluding hydrogens is 683 g/mol. The zero-order valence-electron chi connectivity index (χ0n) is 31.3. The van der Waals surface area contributed by atoms with Gasteiger partial charge in [0.2, 0.25) is 0 Å². The van der Waals surface area contributed by atoms with Crippen molar-refractivity contribution in [2.24, 2.45) is 5.92 Å². The van der Waals surface area contributed by atoms with Crippen LogP contribution in [-0.4, -0.2) is 28.7 Å². The molecule has 3 N–H and O–H groups in total. The molecule has 1 aliphatic rings. The molecule has 2 amide bonds. The van der Waals surface area contributed by atoms with Crippen molar-refractivity contribution >= 4 is 6.03 Å². The average molecular weight is 732 g/mol. The standard InChI is InChI=1S/C48H49N3O4/c1-35-45(33-51(31-37-14-7-3-8-15-37)32-38-16-9-4-10-17-38)54-47(55-46(35)42-22-20-39(34-52)21-23-42)43-26-24-41(25-27-43)44-19-11-18-40(28-44)30-50-48(53)49-29-36-12-5-2-6-13-36/h2-28,35,45-47,52H,29-34H2,1H3,(H2,49,50,53)/t35-,45+,46+,47+/m1/s1. The van der Waals surface area contributed by atoms with Gasteiger partial charge in [-0.25, -0.2) is 4.79 Å². The number of rotatable bonds is 14. The molecule has 0 spiro atoms. The lowest BCUT2D eigenvalue weighted by molar-refractivity contribution is -0.276. The molecule has 0 unspecified atom stereocenters. The normalized spacial score (nSPS) is 18.2. The molecule has 7 rings (SSSR count). The lowest BCUT2D eigenvalue weighted by atomic mass is 9.89. The van der Waals surface area contributed by atoms with E-state index in [0.29, 0.717) is 13.1 Å². The van der Waals surface area contributed by atoms with Crippen LogP contribution in [-0.2, 0) is 42.3 Å². The molecule has 0 aromatic heterocycles. The van der Waals surface area contributed by atoms with Crippen molar-refractivity contribution in [2.75, 3.05) is 6.54 Å². The van der Waals surface area contributed by atoms with Crippen LogP contribution in [0.1, 0.15) is 58.3 Å². The van der Waals surface area contributed by atoms with Crippen molar-refractivity contribution in [2.45, 2.75) is 58.2 Å². The highest BCUT2D eigenvalue weighted by molar-refractivity contribution is 5.74. The Morgan fingerprint density at radius 3 is 1.73 bits per heavy atom. The number of carbonyl (C=O) groups excluding carboxylic acids is 1. The van der Waals surface area contributed by atoms with Crippen LogP contribution in [0.5, 0.6) is 0 Å². The maximum Gasteiger partial charge on any atom is 0.315 e. The molecule has 1 heterocycles. The van der Waals surface area contributed by atoms with Gasteiger partial charge in [0.25, 0.3) is 0 Å². The number of hydrogen-bond donors (Lipinski definition) is 3. The summed E-state index contributed by atoms with van der Waals surface area (Å²) in [6.45, 7) is 5.42. The lowest BCUT2D eigenvalue weighted by Gasteiger charge is -2.43. The smallest absolute Gasteiger partial charge is 0.315 e. The van der Waals surface area contributed by atoms with Gasteiger partial charge < -0.3 is 25.2 Å². The maximum absolute atomic E-state index is 12.5. The topological polar surface area (TPSA) is 83.1 Å². The largest absolute Gasteiger partial charge is 0.392 e. The van der Waals surface area contributed by atoms with E-state index < -0.39 is 6.29 Å². The van der Waals surface area contributed by atoms with Crippen molar-refractivity contribution in [3.8, 4) is 11.1 Å². The fourth-order valence-electron chi connectivity index (χ4n) is 7.17. The van der Waals surface area contributed by atoms with E-state index in [4.69, 9.17) is 9.47 Å². The van der Waals surface area contributed by atoms with Crippen LogP contribution in [0.4, 0.5) is 4.79 Å². The van der Waals surface area contributed by atoms with Gasteiger partial charge in [0.1, 0.15) is 0 Å². The summed E-state index contributed by atoms with van der Waals surface area (Å²) < 4.78 is 13.7. The number of nitrogens with one attached hydrogen (secondary N) is 2. The van der Waals surface area contributed by atoms with Gasteiger partial charge >= 0.3 is 6.03 Å². The van der Waals surface area contributed by atoms with E-state index in [1.54, 1.807) is 0 Å². The minimum Gasteiger partial charge on any atom is -0.392 e. The Balaban J connectivity index is 1.07. The van der Waals surface area contributed by atoms with Gasteiger partial charge in [-0.1, -0.05) is 165 Å². The van der Waals surface area contributed by atoms with Gasteiger partial charge in [0.05, 0.1) is 18.8 Å². The first-order chi connectivity index (χ1) is 27.0. The third-order valence-corrected chi connectivity index (χ3v) is 10.3. The summed E-state index contributed by atoms with van der Waals surface area (Å²) in [4.78, 5) is 15.0. The molecule has 0 bridgehead atoms. The van der Waals surface area contributed by atoms with E-state index in [1.165, 1.54) is 11.1 Å². The first kappa shape index (κ1) is 37.7. The van der Waals surface area contributed by atoms with Crippen LogP contribution in [0.15, 0.2) is 164 Å². The second-order valence-electron chi connectivity index (χ2n) is 14.3. The van der Waals surface area contributed by atoms with Crippen LogP contribution in [0.25, 0.3) is 11.1 Å². The zero-order valence-corrected chi connectivity index (χ0v) is 31.3. The number of carbonyl (C=O) groups is 1. The van der Waals surface area contributed by atoms with Crippen LogP contribution in [0, 0.1) is 5.92 Å². The lowest BCUT2D eigenvalue weighted by Crippen LogP contribution is -2.44. The average Bonchev–Trinajstić information content (AvgIpc) is 3.24. The summed E-state index contributed by atoms with van der Waals surface area (Å²) in [6.07, 6.45) is -0.902. The van der Waals surface area contributed by atoms with Crippen molar-refractivity contribution in [3.63, 3.8) is 0 Å². The van der Waals surface area contributed by atoms with Gasteiger partial charge in [-0.2, -0.15) is 0 Å². The van der Waals surface area contributed by atoms with Gasteiger partial charge in [-0.05, 0) is 50.6 Å². The van der Waals surface area contributed by atoms with Crippen LogP contribution in [0.3, 0.4) is 0 Å². The zero-order chi connectivity index (χ0) is 37.8. The molecular formula is C48H49N3O4. The van der Waals surface area contributed by atoms with Crippen molar-refractivity contribution in [1.29, 1.82) is 0 Å². The van der Waals surface area contributed by atoms with E-state index in [0.717, 1.165) is 58.6 Å². The minimum absolute atomic E-state index is 0.000489.